The molecule has 0 aliphatic heterocycles. The van der Waals surface area contributed by atoms with Crippen LogP contribution in [0.3, 0.4) is 0 Å². The van der Waals surface area contributed by atoms with Crippen molar-refractivity contribution in [2.45, 2.75) is 32.9 Å². The molecule has 0 radical (unpaired) electrons. The van der Waals surface area contributed by atoms with Crippen molar-refractivity contribution in [3.8, 4) is 0 Å². The molecule has 0 unspecified atom stereocenters. The highest BCUT2D eigenvalue weighted by Gasteiger charge is 2.07. The van der Waals surface area contributed by atoms with Gasteiger partial charge in [0.2, 0.25) is 0 Å². The van der Waals surface area contributed by atoms with Crippen LogP contribution >= 0.6 is 11.8 Å². The largest absolute Gasteiger partial charge is 0.327 e. The first kappa shape index (κ1) is 14.4. The van der Waals surface area contributed by atoms with Gasteiger partial charge in [-0.05, 0) is 50.5 Å². The van der Waals surface area contributed by atoms with Crippen LogP contribution < -0.4 is 5.32 Å². The fourth-order valence-electron chi connectivity index (χ4n) is 2.31. The van der Waals surface area contributed by atoms with E-state index in [4.69, 9.17) is 4.98 Å². The summed E-state index contributed by atoms with van der Waals surface area (Å²) in [7, 11) is 0. The number of fused-ring (bicyclic) bond motifs is 1. The summed E-state index contributed by atoms with van der Waals surface area (Å²) in [5, 5.41) is 3.50. The predicted octanol–water partition coefficient (Wildman–Crippen LogP) is 3.29. The summed E-state index contributed by atoms with van der Waals surface area (Å²) in [5.74, 6) is 2.41. The number of imidazole rings is 1. The Bertz CT molecular complexity index is 507. The zero-order valence-corrected chi connectivity index (χ0v) is 12.7. The van der Waals surface area contributed by atoms with Crippen LogP contribution in [0.5, 0.6) is 0 Å². The maximum Gasteiger partial charge on any atom is 0.123 e. The Labute approximate surface area is 119 Å². The van der Waals surface area contributed by atoms with Crippen molar-refractivity contribution in [1.82, 2.24) is 14.9 Å². The molecule has 0 saturated heterocycles. The van der Waals surface area contributed by atoms with E-state index < -0.39 is 0 Å². The number of unbranched alkanes of at least 4 members (excludes halogenated alkanes) is 1. The number of hydrogen-bond acceptors (Lipinski definition) is 3. The van der Waals surface area contributed by atoms with E-state index in [9.17, 15) is 0 Å². The summed E-state index contributed by atoms with van der Waals surface area (Å²) in [6.45, 7) is 5.09. The van der Waals surface area contributed by atoms with Gasteiger partial charge in [0.1, 0.15) is 5.82 Å². The molecule has 104 valence electrons. The van der Waals surface area contributed by atoms with E-state index in [1.54, 1.807) is 0 Å². The highest BCUT2D eigenvalue weighted by Crippen LogP contribution is 2.15. The van der Waals surface area contributed by atoms with Crippen molar-refractivity contribution < 1.29 is 0 Å². The lowest BCUT2D eigenvalue weighted by atomic mass is 10.3. The topological polar surface area (TPSA) is 29.9 Å². The summed E-state index contributed by atoms with van der Waals surface area (Å²) < 4.78 is 2.30. The number of nitrogens with one attached hydrogen (secondary N) is 1. The quantitative estimate of drug-likeness (QED) is 0.751. The third kappa shape index (κ3) is 3.74. The Balaban J connectivity index is 1.93. The van der Waals surface area contributed by atoms with Crippen LogP contribution in [0.1, 0.15) is 25.6 Å². The standard InChI is InChI=1S/C15H23N3S/c1-3-18-14-9-5-4-8-13(14)17-15(18)12-16-10-6-7-11-19-2/h4-5,8-9,16H,3,6-7,10-12H2,1-2H3. The van der Waals surface area contributed by atoms with Gasteiger partial charge in [0, 0.05) is 6.54 Å². The highest BCUT2D eigenvalue weighted by atomic mass is 32.2. The highest BCUT2D eigenvalue weighted by molar-refractivity contribution is 7.98. The first-order valence-corrected chi connectivity index (χ1v) is 8.40. The predicted molar refractivity (Wildman–Crippen MR) is 84.7 cm³/mol. The number of nitrogens with zero attached hydrogens (tertiary/aromatic N) is 2. The summed E-state index contributed by atoms with van der Waals surface area (Å²) >= 11 is 1.92. The first-order chi connectivity index (χ1) is 9.36. The molecule has 2 aromatic rings. The molecule has 0 atom stereocenters. The van der Waals surface area contributed by atoms with Gasteiger partial charge >= 0.3 is 0 Å². The van der Waals surface area contributed by atoms with Crippen molar-refractivity contribution in [2.24, 2.45) is 0 Å². The van der Waals surface area contributed by atoms with Crippen LogP contribution in [0.25, 0.3) is 11.0 Å². The SMILES string of the molecule is CCn1c(CNCCCCSC)nc2ccccc21. The van der Waals surface area contributed by atoms with E-state index in [0.29, 0.717) is 0 Å². The molecule has 1 aromatic carbocycles. The third-order valence-corrected chi connectivity index (χ3v) is 3.98. The van der Waals surface area contributed by atoms with E-state index >= 15 is 0 Å². The maximum absolute atomic E-state index is 4.71. The average Bonchev–Trinajstić information content (AvgIpc) is 2.80. The summed E-state index contributed by atoms with van der Waals surface area (Å²) in [5.41, 5.74) is 2.34. The smallest absolute Gasteiger partial charge is 0.123 e. The molecule has 0 amide bonds. The number of aryl methyl sites for hydroxylation is 1. The lowest BCUT2D eigenvalue weighted by Crippen LogP contribution is -2.18. The minimum absolute atomic E-state index is 0.863. The number of benzene rings is 1. The Kier molecular flexibility index (Phi) is 5.73. The molecule has 1 N–H and O–H groups in total. The van der Waals surface area contributed by atoms with Crippen LogP contribution in [-0.4, -0.2) is 28.1 Å². The van der Waals surface area contributed by atoms with Crippen molar-refractivity contribution >= 4 is 22.8 Å². The lowest BCUT2D eigenvalue weighted by Gasteiger charge is -2.07. The van der Waals surface area contributed by atoms with Gasteiger partial charge in [-0.25, -0.2) is 4.98 Å². The summed E-state index contributed by atoms with van der Waals surface area (Å²) in [6, 6.07) is 8.36. The van der Waals surface area contributed by atoms with Gasteiger partial charge in [-0.3, -0.25) is 0 Å². The van der Waals surface area contributed by atoms with E-state index in [1.807, 2.05) is 11.8 Å². The Morgan fingerprint density at radius 1 is 1.26 bits per heavy atom. The number of rotatable bonds is 8. The van der Waals surface area contributed by atoms with Crippen molar-refractivity contribution in [3.05, 3.63) is 30.1 Å². The molecule has 0 bridgehead atoms. The molecule has 3 nitrogen and oxygen atoms in total. The molecule has 4 heteroatoms. The third-order valence-electron chi connectivity index (χ3n) is 3.28. The van der Waals surface area contributed by atoms with Crippen LogP contribution in [0.2, 0.25) is 0 Å². The molecular weight excluding hydrogens is 254 g/mol. The molecule has 0 spiro atoms. The van der Waals surface area contributed by atoms with Crippen LogP contribution in [0, 0.1) is 0 Å². The molecular formula is C15H23N3S. The molecule has 0 saturated carbocycles. The number of thioether (sulfide) groups is 1. The van der Waals surface area contributed by atoms with Crippen molar-refractivity contribution in [2.75, 3.05) is 18.6 Å². The van der Waals surface area contributed by atoms with Gasteiger partial charge in [-0.2, -0.15) is 11.8 Å². The Morgan fingerprint density at radius 2 is 2.11 bits per heavy atom. The summed E-state index contributed by atoms with van der Waals surface area (Å²) in [6.07, 6.45) is 4.70. The van der Waals surface area contributed by atoms with E-state index in [1.165, 1.54) is 24.1 Å². The van der Waals surface area contributed by atoms with Gasteiger partial charge in [0.15, 0.2) is 0 Å². The Morgan fingerprint density at radius 3 is 2.89 bits per heavy atom. The van der Waals surface area contributed by atoms with Crippen molar-refractivity contribution in [1.29, 1.82) is 0 Å². The molecule has 2 rings (SSSR count). The second-order valence-electron chi connectivity index (χ2n) is 4.64. The number of aromatic nitrogens is 2. The monoisotopic (exact) mass is 277 g/mol. The minimum Gasteiger partial charge on any atom is -0.327 e. The second kappa shape index (κ2) is 7.56. The van der Waals surface area contributed by atoms with Crippen LogP contribution in [0.15, 0.2) is 24.3 Å². The Hall–Kier alpha value is -1.00. The van der Waals surface area contributed by atoms with E-state index in [0.717, 1.165) is 31.0 Å². The zero-order valence-electron chi connectivity index (χ0n) is 11.9. The second-order valence-corrected chi connectivity index (χ2v) is 5.62. The van der Waals surface area contributed by atoms with Gasteiger partial charge in [0.25, 0.3) is 0 Å². The fourth-order valence-corrected chi connectivity index (χ4v) is 2.80. The van der Waals surface area contributed by atoms with Gasteiger partial charge in [0.05, 0.1) is 17.6 Å². The molecule has 0 fully saturated rings. The molecule has 1 heterocycles. The van der Waals surface area contributed by atoms with Crippen LogP contribution in [0.4, 0.5) is 0 Å². The fraction of sp³-hybridized carbons (Fsp3) is 0.533. The van der Waals surface area contributed by atoms with Gasteiger partial charge in [-0.1, -0.05) is 12.1 Å². The minimum atomic E-state index is 0.863. The summed E-state index contributed by atoms with van der Waals surface area (Å²) in [4.78, 5) is 4.71. The zero-order chi connectivity index (χ0) is 13.5. The molecule has 0 aliphatic carbocycles. The van der Waals surface area contributed by atoms with E-state index in [-0.39, 0.29) is 0 Å². The normalized spacial score (nSPS) is 11.3. The first-order valence-electron chi connectivity index (χ1n) is 7.00. The van der Waals surface area contributed by atoms with Gasteiger partial charge < -0.3 is 9.88 Å². The van der Waals surface area contributed by atoms with Crippen molar-refractivity contribution in [3.63, 3.8) is 0 Å². The molecule has 0 aliphatic rings. The average molecular weight is 277 g/mol. The van der Waals surface area contributed by atoms with Gasteiger partial charge in [-0.15, -0.1) is 0 Å². The lowest BCUT2D eigenvalue weighted by molar-refractivity contribution is 0.599. The number of hydrogen-bond donors (Lipinski definition) is 1. The molecule has 1 aromatic heterocycles. The van der Waals surface area contributed by atoms with Crippen LogP contribution in [-0.2, 0) is 13.1 Å². The van der Waals surface area contributed by atoms with E-state index in [2.05, 4.69) is 47.3 Å². The number of para-hydroxylation sites is 2. The molecule has 19 heavy (non-hydrogen) atoms. The maximum atomic E-state index is 4.71.